The second-order valence-corrected chi connectivity index (χ2v) is 8.98. The van der Waals surface area contributed by atoms with Crippen LogP contribution in [0.3, 0.4) is 0 Å². The van der Waals surface area contributed by atoms with Crippen LogP contribution in [-0.2, 0) is 10.2 Å². The van der Waals surface area contributed by atoms with Gasteiger partial charge in [0.1, 0.15) is 0 Å². The maximum absolute atomic E-state index is 12.1. The predicted molar refractivity (Wildman–Crippen MR) is 104 cm³/mol. The molecule has 0 saturated heterocycles. The molecule has 0 bridgehead atoms. The average Bonchev–Trinajstić information content (AvgIpc) is 2.32. The molecule has 0 saturated carbocycles. The number of halogens is 1. The molecule has 0 unspecified atom stereocenters. The van der Waals surface area contributed by atoms with Crippen molar-refractivity contribution in [2.45, 2.75) is 52.6 Å². The summed E-state index contributed by atoms with van der Waals surface area (Å²) in [5.41, 5.74) is 0.236. The van der Waals surface area contributed by atoms with Gasteiger partial charge < -0.3 is 5.32 Å². The lowest BCUT2D eigenvalue weighted by atomic mass is 10.1. The molecule has 1 aromatic rings. The number of ketones is 1. The zero-order valence-corrected chi connectivity index (χ0v) is 17.6. The quantitative estimate of drug-likeness (QED) is 0.616. The molecule has 6 nitrogen and oxygen atoms in total. The molecule has 0 atom stereocenters. The first kappa shape index (κ1) is 23.0. The Morgan fingerprint density at radius 1 is 0.958 bits per heavy atom. The fraction of sp³-hybridized carbons (Fsp3) is 0.562. The van der Waals surface area contributed by atoms with Crippen molar-refractivity contribution in [3.05, 3.63) is 29.8 Å². The second-order valence-electron chi connectivity index (χ2n) is 7.56. The van der Waals surface area contributed by atoms with Crippen LogP contribution in [0.15, 0.2) is 24.3 Å². The van der Waals surface area contributed by atoms with E-state index in [0.29, 0.717) is 11.3 Å². The van der Waals surface area contributed by atoms with Gasteiger partial charge >= 0.3 is 0 Å². The summed E-state index contributed by atoms with van der Waals surface area (Å²) in [4.78, 5) is 12.1. The number of hydrogen-bond donors (Lipinski definition) is 3. The minimum absolute atomic E-state index is 0. The molecule has 0 aliphatic rings. The molecule has 0 aliphatic heterocycles. The number of carbonyl (C=O) groups is 1. The lowest BCUT2D eigenvalue weighted by molar-refractivity contribution is 0.0982. The normalized spacial score (nSPS) is 12.4. The molecule has 138 valence electrons. The van der Waals surface area contributed by atoms with Gasteiger partial charge in [-0.3, -0.25) is 9.52 Å². The first-order chi connectivity index (χ1) is 10.3. The highest BCUT2D eigenvalue weighted by Gasteiger charge is 2.19. The number of anilines is 1. The summed E-state index contributed by atoms with van der Waals surface area (Å²) in [6, 6.07) is 6.38. The molecule has 0 aliphatic carbocycles. The van der Waals surface area contributed by atoms with Gasteiger partial charge in [0.15, 0.2) is 5.78 Å². The molecule has 0 radical (unpaired) electrons. The average molecular weight is 422 g/mol. The highest BCUT2D eigenvalue weighted by molar-refractivity contribution is 8.93. The number of hydrogen-bond acceptors (Lipinski definition) is 4. The Kier molecular flexibility index (Phi) is 8.08. The zero-order chi connectivity index (χ0) is 17.9. The number of carbonyl (C=O) groups excluding carboxylic acids is 1. The summed E-state index contributed by atoms with van der Waals surface area (Å²) in [7, 11) is -3.65. The Balaban J connectivity index is 0.00000529. The molecule has 0 amide bonds. The number of rotatable bonds is 6. The van der Waals surface area contributed by atoms with Crippen LogP contribution in [0.5, 0.6) is 0 Å². The fourth-order valence-electron chi connectivity index (χ4n) is 1.76. The summed E-state index contributed by atoms with van der Waals surface area (Å²) in [6.45, 7) is 11.5. The molecule has 0 spiro atoms. The van der Waals surface area contributed by atoms with Crippen molar-refractivity contribution in [2.24, 2.45) is 0 Å². The third-order valence-corrected chi connectivity index (χ3v) is 4.06. The van der Waals surface area contributed by atoms with E-state index in [4.69, 9.17) is 0 Å². The topological polar surface area (TPSA) is 87.3 Å². The number of benzene rings is 1. The number of Topliss-reactive ketones (excluding diaryl/α,β-unsaturated/α-hetero) is 1. The Hall–Kier alpha value is -0.960. The van der Waals surface area contributed by atoms with E-state index < -0.39 is 15.7 Å². The van der Waals surface area contributed by atoms with Gasteiger partial charge in [0.25, 0.3) is 10.2 Å². The van der Waals surface area contributed by atoms with Crippen molar-refractivity contribution in [3.8, 4) is 0 Å². The standard InChI is InChI=1S/C16H27N3O3S.BrH/c1-15(2,3)17-11-14(20)12-7-9-13(10-8-12)18-23(21,22)19-16(4,5)6;/h7-10,17-19H,11H2,1-6H3;1H. The summed E-state index contributed by atoms with van der Waals surface area (Å²) in [5, 5.41) is 3.13. The maximum Gasteiger partial charge on any atom is 0.299 e. The Morgan fingerprint density at radius 2 is 1.46 bits per heavy atom. The molecule has 0 aromatic heterocycles. The van der Waals surface area contributed by atoms with Gasteiger partial charge in [-0.2, -0.15) is 13.1 Å². The summed E-state index contributed by atoms with van der Waals surface area (Å²) >= 11 is 0. The summed E-state index contributed by atoms with van der Waals surface area (Å²) < 4.78 is 28.8. The van der Waals surface area contributed by atoms with Crippen LogP contribution >= 0.6 is 17.0 Å². The van der Waals surface area contributed by atoms with Crippen LogP contribution < -0.4 is 14.8 Å². The Labute approximate surface area is 155 Å². The summed E-state index contributed by atoms with van der Waals surface area (Å²) in [5.74, 6) is -0.0397. The van der Waals surface area contributed by atoms with E-state index in [1.165, 1.54) is 0 Å². The second kappa shape index (κ2) is 8.42. The van der Waals surface area contributed by atoms with Crippen molar-refractivity contribution >= 4 is 38.7 Å². The SMILES string of the molecule is Br.CC(C)(C)NCC(=O)c1ccc(NS(=O)(=O)NC(C)(C)C)cc1. The van der Waals surface area contributed by atoms with Crippen molar-refractivity contribution in [2.75, 3.05) is 11.3 Å². The molecule has 3 N–H and O–H groups in total. The highest BCUT2D eigenvalue weighted by Crippen LogP contribution is 2.13. The van der Waals surface area contributed by atoms with E-state index >= 15 is 0 Å². The van der Waals surface area contributed by atoms with Crippen molar-refractivity contribution in [1.82, 2.24) is 10.0 Å². The smallest absolute Gasteiger partial charge is 0.299 e. The first-order valence-electron chi connectivity index (χ1n) is 7.47. The van der Waals surface area contributed by atoms with E-state index in [9.17, 15) is 13.2 Å². The highest BCUT2D eigenvalue weighted by atomic mass is 79.9. The monoisotopic (exact) mass is 421 g/mol. The van der Waals surface area contributed by atoms with Gasteiger partial charge in [0.2, 0.25) is 0 Å². The van der Waals surface area contributed by atoms with Gasteiger partial charge in [0.05, 0.1) is 6.54 Å². The van der Waals surface area contributed by atoms with E-state index in [1.807, 2.05) is 20.8 Å². The lowest BCUT2D eigenvalue weighted by Gasteiger charge is -2.21. The van der Waals surface area contributed by atoms with E-state index in [-0.39, 0.29) is 34.8 Å². The van der Waals surface area contributed by atoms with Crippen LogP contribution in [0.4, 0.5) is 5.69 Å². The Morgan fingerprint density at radius 3 is 1.88 bits per heavy atom. The lowest BCUT2D eigenvalue weighted by Crippen LogP contribution is -2.43. The number of nitrogens with one attached hydrogen (secondary N) is 3. The van der Waals surface area contributed by atoms with Crippen LogP contribution in [0.2, 0.25) is 0 Å². The third kappa shape index (κ3) is 9.36. The van der Waals surface area contributed by atoms with Gasteiger partial charge in [-0.25, -0.2) is 0 Å². The molecule has 8 heteroatoms. The molecule has 0 heterocycles. The molecular formula is C16H28BrN3O3S. The van der Waals surface area contributed by atoms with Gasteiger partial charge in [-0.05, 0) is 65.8 Å². The van der Waals surface area contributed by atoms with E-state index in [0.717, 1.165) is 0 Å². The van der Waals surface area contributed by atoms with Crippen LogP contribution in [-0.4, -0.2) is 31.8 Å². The molecular weight excluding hydrogens is 394 g/mol. The van der Waals surface area contributed by atoms with E-state index in [2.05, 4.69) is 14.8 Å². The maximum atomic E-state index is 12.1. The minimum Gasteiger partial charge on any atom is -0.305 e. The first-order valence-corrected chi connectivity index (χ1v) is 8.96. The van der Waals surface area contributed by atoms with Crippen molar-refractivity contribution in [3.63, 3.8) is 0 Å². The van der Waals surface area contributed by atoms with Gasteiger partial charge in [-0.15, -0.1) is 17.0 Å². The predicted octanol–water partition coefficient (Wildman–Crippen LogP) is 2.88. The summed E-state index contributed by atoms with van der Waals surface area (Å²) in [6.07, 6.45) is 0. The molecule has 24 heavy (non-hydrogen) atoms. The zero-order valence-electron chi connectivity index (χ0n) is 15.1. The van der Waals surface area contributed by atoms with Crippen LogP contribution in [0.1, 0.15) is 51.9 Å². The van der Waals surface area contributed by atoms with E-state index in [1.54, 1.807) is 45.0 Å². The molecule has 1 rings (SSSR count). The van der Waals surface area contributed by atoms with Gasteiger partial charge in [-0.1, -0.05) is 0 Å². The van der Waals surface area contributed by atoms with Crippen LogP contribution in [0.25, 0.3) is 0 Å². The third-order valence-electron chi connectivity index (χ3n) is 2.68. The largest absolute Gasteiger partial charge is 0.305 e. The molecule has 0 fully saturated rings. The van der Waals surface area contributed by atoms with Gasteiger partial charge in [0, 0.05) is 22.3 Å². The van der Waals surface area contributed by atoms with Crippen LogP contribution in [0, 0.1) is 0 Å². The molecule has 1 aromatic carbocycles. The minimum atomic E-state index is -3.65. The van der Waals surface area contributed by atoms with Crippen molar-refractivity contribution < 1.29 is 13.2 Å². The van der Waals surface area contributed by atoms with Crippen molar-refractivity contribution in [1.29, 1.82) is 0 Å². The fourth-order valence-corrected chi connectivity index (χ4v) is 3.06. The Bertz CT molecular complexity index is 645.